The number of fused-ring (bicyclic) bond motifs is 1. The van der Waals surface area contributed by atoms with E-state index in [1.807, 2.05) is 28.0 Å². The zero-order valence-corrected chi connectivity index (χ0v) is 22.2. The maximum atomic E-state index is 13.5. The van der Waals surface area contributed by atoms with Crippen molar-refractivity contribution in [2.45, 2.75) is 70.8 Å². The molecule has 2 saturated heterocycles. The van der Waals surface area contributed by atoms with Gasteiger partial charge in [0.05, 0.1) is 12.5 Å². The third-order valence-corrected chi connectivity index (χ3v) is 7.98. The number of nitrogens with zero attached hydrogens (tertiary/aromatic N) is 3. The van der Waals surface area contributed by atoms with E-state index in [4.69, 9.17) is 9.47 Å². The highest BCUT2D eigenvalue weighted by Gasteiger charge is 2.47. The zero-order valence-electron chi connectivity index (χ0n) is 22.2. The van der Waals surface area contributed by atoms with Gasteiger partial charge in [0.1, 0.15) is 0 Å². The Kier molecular flexibility index (Phi) is 9.29. The second kappa shape index (κ2) is 12.6. The molecule has 2 fully saturated rings. The van der Waals surface area contributed by atoms with Crippen LogP contribution in [0.15, 0.2) is 18.2 Å². The van der Waals surface area contributed by atoms with Gasteiger partial charge in [0.15, 0.2) is 11.5 Å². The average molecular weight is 516 g/mol. The van der Waals surface area contributed by atoms with Gasteiger partial charge in [-0.25, -0.2) is 0 Å². The summed E-state index contributed by atoms with van der Waals surface area (Å²) in [5.41, 5.74) is 0.877. The molecule has 1 N–H and O–H groups in total. The molecule has 3 atom stereocenters. The third kappa shape index (κ3) is 6.37. The van der Waals surface area contributed by atoms with Crippen molar-refractivity contribution in [2.24, 2.45) is 5.92 Å². The van der Waals surface area contributed by atoms with Gasteiger partial charge in [-0.3, -0.25) is 19.3 Å². The lowest BCUT2D eigenvalue weighted by atomic mass is 9.84. The molecule has 0 spiro atoms. The number of hydrogen-bond acceptors (Lipinski definition) is 6. The van der Waals surface area contributed by atoms with Crippen LogP contribution in [0.3, 0.4) is 0 Å². The fourth-order valence-corrected chi connectivity index (χ4v) is 5.90. The molecule has 0 saturated carbocycles. The van der Waals surface area contributed by atoms with Crippen LogP contribution >= 0.6 is 0 Å². The molecular formula is C28H41N3O6. The Balaban J connectivity index is 1.57. The smallest absolute Gasteiger partial charge is 0.308 e. The monoisotopic (exact) mass is 515 g/mol. The number of carboxylic acids is 1. The standard InChI is InChI=1S/C28H41N3O6/c1-3-5-12-29(13-6-4-2)26(33)18-31-17-21(20-9-10-23-24(16-20)37-19-36-23)27(28(34)35)22(31)11-15-30-14-7-8-25(30)32/h9-10,16,21-22,27H,3-8,11-15,17-19H2,1-2H3,(H,34,35)/t21-,22?,27?/m1/s1. The van der Waals surface area contributed by atoms with Crippen LogP contribution < -0.4 is 9.47 Å². The van der Waals surface area contributed by atoms with E-state index in [1.54, 1.807) is 0 Å². The predicted molar refractivity (Wildman–Crippen MR) is 139 cm³/mol. The van der Waals surface area contributed by atoms with Crippen LogP contribution in [0.25, 0.3) is 0 Å². The molecule has 3 aliphatic heterocycles. The maximum Gasteiger partial charge on any atom is 0.308 e. The molecule has 0 aliphatic carbocycles. The van der Waals surface area contributed by atoms with Crippen LogP contribution in [-0.2, 0) is 14.4 Å². The molecule has 37 heavy (non-hydrogen) atoms. The molecule has 9 heteroatoms. The van der Waals surface area contributed by atoms with E-state index in [9.17, 15) is 19.5 Å². The fraction of sp³-hybridized carbons (Fsp3) is 0.679. The van der Waals surface area contributed by atoms with E-state index in [2.05, 4.69) is 18.7 Å². The quantitative estimate of drug-likeness (QED) is 0.430. The Morgan fingerprint density at radius 3 is 2.49 bits per heavy atom. The van der Waals surface area contributed by atoms with Gasteiger partial charge in [0, 0.05) is 51.1 Å². The summed E-state index contributed by atoms with van der Waals surface area (Å²) in [5, 5.41) is 10.4. The minimum Gasteiger partial charge on any atom is -0.481 e. The average Bonchev–Trinajstić information content (AvgIpc) is 3.60. The molecule has 4 rings (SSSR count). The van der Waals surface area contributed by atoms with Crippen molar-refractivity contribution in [3.63, 3.8) is 0 Å². The van der Waals surface area contributed by atoms with Crippen LogP contribution in [0.5, 0.6) is 11.5 Å². The first-order valence-corrected chi connectivity index (χ1v) is 13.8. The van der Waals surface area contributed by atoms with Crippen molar-refractivity contribution in [2.75, 3.05) is 46.1 Å². The van der Waals surface area contributed by atoms with Crippen molar-refractivity contribution in [3.8, 4) is 11.5 Å². The van der Waals surface area contributed by atoms with E-state index in [-0.39, 0.29) is 37.1 Å². The first-order valence-electron chi connectivity index (χ1n) is 13.8. The number of benzene rings is 1. The Labute approximate surface area is 219 Å². The lowest BCUT2D eigenvalue weighted by Gasteiger charge is -2.30. The van der Waals surface area contributed by atoms with Crippen molar-refractivity contribution in [1.82, 2.24) is 14.7 Å². The number of carboxylic acid groups (broad SMARTS) is 1. The van der Waals surface area contributed by atoms with Gasteiger partial charge >= 0.3 is 5.97 Å². The summed E-state index contributed by atoms with van der Waals surface area (Å²) in [4.78, 5) is 44.2. The van der Waals surface area contributed by atoms with Crippen molar-refractivity contribution in [3.05, 3.63) is 23.8 Å². The number of ether oxygens (including phenoxy) is 2. The first kappa shape index (κ1) is 27.2. The summed E-state index contributed by atoms with van der Waals surface area (Å²) < 4.78 is 11.0. The van der Waals surface area contributed by atoms with E-state index in [1.165, 1.54) is 0 Å². The van der Waals surface area contributed by atoms with Gasteiger partial charge in [-0.2, -0.15) is 0 Å². The number of hydrogen-bond donors (Lipinski definition) is 1. The number of likely N-dealkylation sites (tertiary alicyclic amines) is 2. The summed E-state index contributed by atoms with van der Waals surface area (Å²) in [6.07, 6.45) is 5.86. The van der Waals surface area contributed by atoms with Crippen molar-refractivity contribution >= 4 is 17.8 Å². The highest BCUT2D eigenvalue weighted by atomic mass is 16.7. The zero-order chi connectivity index (χ0) is 26.4. The minimum atomic E-state index is -0.871. The summed E-state index contributed by atoms with van der Waals surface area (Å²) in [7, 11) is 0. The molecule has 1 aromatic carbocycles. The number of amides is 2. The van der Waals surface area contributed by atoms with E-state index in [0.717, 1.165) is 57.3 Å². The number of unbranched alkanes of at least 4 members (excludes halogenated alkanes) is 2. The predicted octanol–water partition coefficient (Wildman–Crippen LogP) is 3.33. The van der Waals surface area contributed by atoms with Crippen LogP contribution in [-0.4, -0.2) is 89.7 Å². The van der Waals surface area contributed by atoms with Gasteiger partial charge < -0.3 is 24.4 Å². The van der Waals surface area contributed by atoms with Crippen LogP contribution in [0.4, 0.5) is 0 Å². The molecule has 2 amide bonds. The van der Waals surface area contributed by atoms with Gasteiger partial charge in [0.2, 0.25) is 18.6 Å². The molecule has 3 aliphatic rings. The van der Waals surface area contributed by atoms with Gasteiger partial charge in [-0.15, -0.1) is 0 Å². The van der Waals surface area contributed by atoms with Gasteiger partial charge in [-0.05, 0) is 43.4 Å². The Morgan fingerprint density at radius 2 is 1.84 bits per heavy atom. The van der Waals surface area contributed by atoms with Crippen molar-refractivity contribution in [1.29, 1.82) is 0 Å². The number of carbonyl (C=O) groups excluding carboxylic acids is 2. The summed E-state index contributed by atoms with van der Waals surface area (Å²) in [5.74, 6) is -0.383. The largest absolute Gasteiger partial charge is 0.481 e. The van der Waals surface area contributed by atoms with Crippen LogP contribution in [0, 0.1) is 5.92 Å². The van der Waals surface area contributed by atoms with E-state index >= 15 is 0 Å². The Hall–Kier alpha value is -2.81. The number of carbonyl (C=O) groups is 3. The molecule has 9 nitrogen and oxygen atoms in total. The highest BCUT2D eigenvalue weighted by Crippen LogP contribution is 2.42. The highest BCUT2D eigenvalue weighted by molar-refractivity contribution is 5.79. The summed E-state index contributed by atoms with van der Waals surface area (Å²) >= 11 is 0. The Morgan fingerprint density at radius 1 is 1.11 bits per heavy atom. The number of aliphatic carboxylic acids is 1. The Bertz CT molecular complexity index is 961. The summed E-state index contributed by atoms with van der Waals surface area (Å²) in [6, 6.07) is 5.28. The second-order valence-corrected chi connectivity index (χ2v) is 10.4. The fourth-order valence-electron chi connectivity index (χ4n) is 5.90. The number of rotatable bonds is 13. The molecule has 0 bridgehead atoms. The molecular weight excluding hydrogens is 474 g/mol. The van der Waals surface area contributed by atoms with Crippen LogP contribution in [0.1, 0.15) is 70.3 Å². The van der Waals surface area contributed by atoms with Crippen molar-refractivity contribution < 1.29 is 29.0 Å². The second-order valence-electron chi connectivity index (χ2n) is 10.4. The maximum absolute atomic E-state index is 13.5. The molecule has 1 aromatic rings. The van der Waals surface area contributed by atoms with E-state index in [0.29, 0.717) is 37.4 Å². The van der Waals surface area contributed by atoms with Crippen LogP contribution in [0.2, 0.25) is 0 Å². The molecule has 3 heterocycles. The summed E-state index contributed by atoms with van der Waals surface area (Å²) in [6.45, 7) is 7.74. The molecule has 204 valence electrons. The van der Waals surface area contributed by atoms with E-state index < -0.39 is 11.9 Å². The topological polar surface area (TPSA) is 99.6 Å². The van der Waals surface area contributed by atoms with Gasteiger partial charge in [-0.1, -0.05) is 32.8 Å². The lowest BCUT2D eigenvalue weighted by Crippen LogP contribution is -2.45. The molecule has 0 radical (unpaired) electrons. The van der Waals surface area contributed by atoms with Gasteiger partial charge in [0.25, 0.3) is 0 Å². The normalized spacial score (nSPS) is 23.1. The first-order chi connectivity index (χ1) is 17.9. The molecule has 0 aromatic heterocycles. The minimum absolute atomic E-state index is 0.0552. The third-order valence-electron chi connectivity index (χ3n) is 7.98. The lowest BCUT2D eigenvalue weighted by molar-refractivity contribution is -0.144. The molecule has 2 unspecified atom stereocenters. The SMILES string of the molecule is CCCCN(CCCC)C(=O)CN1C[C@H](c2ccc3c(c2)OCO3)C(C(=O)O)C1CCN1CCCC1=O.